The molecule has 0 amide bonds. The van der Waals surface area contributed by atoms with Gasteiger partial charge in [0.25, 0.3) is 0 Å². The Bertz CT molecular complexity index is 309. The van der Waals surface area contributed by atoms with Crippen molar-refractivity contribution in [3.05, 3.63) is 15.6 Å². The Morgan fingerprint density at radius 1 is 1.31 bits per heavy atom. The van der Waals surface area contributed by atoms with E-state index >= 15 is 0 Å². The van der Waals surface area contributed by atoms with Crippen LogP contribution in [0.25, 0.3) is 0 Å². The maximum absolute atomic E-state index is 4.62. The van der Waals surface area contributed by atoms with Crippen molar-refractivity contribution in [3.63, 3.8) is 0 Å². The number of aryl methyl sites for hydroxylation is 2. The normalized spacial score (nSPS) is 12.1. The van der Waals surface area contributed by atoms with E-state index in [1.165, 1.54) is 22.0 Å². The quantitative estimate of drug-likeness (QED) is 0.772. The summed E-state index contributed by atoms with van der Waals surface area (Å²) in [4.78, 5) is 5.98. The van der Waals surface area contributed by atoms with Crippen molar-refractivity contribution in [1.82, 2.24) is 10.3 Å². The van der Waals surface area contributed by atoms with Crippen LogP contribution in [0.15, 0.2) is 0 Å². The molecule has 0 spiro atoms. The number of aromatic nitrogens is 1. The zero-order valence-corrected chi connectivity index (χ0v) is 12.0. The second-order valence-corrected chi connectivity index (χ2v) is 6.48. The monoisotopic (exact) mass is 240 g/mol. The summed E-state index contributed by atoms with van der Waals surface area (Å²) in [6, 6.07) is 0. The Kier molecular flexibility index (Phi) is 4.93. The molecule has 16 heavy (non-hydrogen) atoms. The maximum atomic E-state index is 4.62. The van der Waals surface area contributed by atoms with Crippen molar-refractivity contribution in [2.24, 2.45) is 5.41 Å². The molecule has 92 valence electrons. The number of nitrogens with one attached hydrogen (secondary N) is 1. The second-order valence-electron chi connectivity index (χ2n) is 5.19. The average Bonchev–Trinajstić information content (AvgIpc) is 2.44. The standard InChI is InChI=1S/C13H24N2S/c1-6-14-8-7-13(4,5)9-12-15-10(2)11(3)16-12/h14H,6-9H2,1-5H3. The van der Waals surface area contributed by atoms with Crippen LogP contribution in [0.1, 0.15) is 42.8 Å². The molecule has 0 bridgehead atoms. The Balaban J connectivity index is 2.51. The van der Waals surface area contributed by atoms with Crippen molar-refractivity contribution in [2.75, 3.05) is 13.1 Å². The molecule has 0 saturated heterocycles. The van der Waals surface area contributed by atoms with Crippen molar-refractivity contribution < 1.29 is 0 Å². The SMILES string of the molecule is CCNCCC(C)(C)Cc1nc(C)c(C)s1. The van der Waals surface area contributed by atoms with E-state index in [9.17, 15) is 0 Å². The minimum Gasteiger partial charge on any atom is -0.317 e. The summed E-state index contributed by atoms with van der Waals surface area (Å²) in [6.45, 7) is 13.2. The summed E-state index contributed by atoms with van der Waals surface area (Å²) in [5.74, 6) is 0. The first kappa shape index (κ1) is 13.7. The predicted molar refractivity (Wildman–Crippen MR) is 72.2 cm³/mol. The minimum atomic E-state index is 0.346. The molecule has 3 heteroatoms. The van der Waals surface area contributed by atoms with Gasteiger partial charge in [0.05, 0.1) is 10.7 Å². The van der Waals surface area contributed by atoms with E-state index in [4.69, 9.17) is 0 Å². The molecule has 0 radical (unpaired) electrons. The van der Waals surface area contributed by atoms with Crippen LogP contribution in [0.4, 0.5) is 0 Å². The third kappa shape index (κ3) is 4.22. The zero-order valence-electron chi connectivity index (χ0n) is 11.2. The number of thiazole rings is 1. The summed E-state index contributed by atoms with van der Waals surface area (Å²) in [7, 11) is 0. The highest BCUT2D eigenvalue weighted by atomic mass is 32.1. The van der Waals surface area contributed by atoms with Crippen LogP contribution in [0, 0.1) is 19.3 Å². The lowest BCUT2D eigenvalue weighted by Crippen LogP contribution is -2.23. The van der Waals surface area contributed by atoms with Crippen molar-refractivity contribution in [3.8, 4) is 0 Å². The number of rotatable bonds is 6. The highest BCUT2D eigenvalue weighted by Crippen LogP contribution is 2.28. The van der Waals surface area contributed by atoms with Gasteiger partial charge in [-0.25, -0.2) is 4.98 Å². The van der Waals surface area contributed by atoms with Gasteiger partial charge >= 0.3 is 0 Å². The summed E-state index contributed by atoms with van der Waals surface area (Å²) < 4.78 is 0. The number of nitrogens with zero attached hydrogens (tertiary/aromatic N) is 1. The molecule has 0 aliphatic rings. The van der Waals surface area contributed by atoms with Gasteiger partial charge in [0, 0.05) is 11.3 Å². The van der Waals surface area contributed by atoms with E-state index in [1.807, 2.05) is 11.3 Å². The topological polar surface area (TPSA) is 24.9 Å². The Labute approximate surface area is 103 Å². The summed E-state index contributed by atoms with van der Waals surface area (Å²) in [6.07, 6.45) is 2.30. The third-order valence-corrected chi connectivity index (χ3v) is 4.00. The first-order valence-electron chi connectivity index (χ1n) is 6.08. The molecule has 0 unspecified atom stereocenters. The van der Waals surface area contributed by atoms with Gasteiger partial charge in [-0.2, -0.15) is 0 Å². The Hall–Kier alpha value is -0.410. The van der Waals surface area contributed by atoms with E-state index in [0.717, 1.165) is 19.5 Å². The molecule has 0 aromatic carbocycles. The van der Waals surface area contributed by atoms with Crippen LogP contribution in [-0.4, -0.2) is 18.1 Å². The van der Waals surface area contributed by atoms with Gasteiger partial charge in [-0.1, -0.05) is 20.8 Å². The van der Waals surface area contributed by atoms with Gasteiger partial charge in [-0.05, 0) is 38.8 Å². The van der Waals surface area contributed by atoms with Crippen LogP contribution >= 0.6 is 11.3 Å². The average molecular weight is 240 g/mol. The smallest absolute Gasteiger partial charge is 0.0936 e. The first-order valence-corrected chi connectivity index (χ1v) is 6.90. The van der Waals surface area contributed by atoms with Gasteiger partial charge in [0.15, 0.2) is 0 Å². The van der Waals surface area contributed by atoms with Crippen LogP contribution in [0.5, 0.6) is 0 Å². The van der Waals surface area contributed by atoms with Crippen molar-refractivity contribution >= 4 is 11.3 Å². The fourth-order valence-corrected chi connectivity index (χ4v) is 2.91. The molecule has 1 rings (SSSR count). The molecular formula is C13H24N2S. The molecular weight excluding hydrogens is 216 g/mol. The second kappa shape index (κ2) is 5.78. The minimum absolute atomic E-state index is 0.346. The van der Waals surface area contributed by atoms with Gasteiger partial charge in [-0.15, -0.1) is 11.3 Å². The third-order valence-electron chi connectivity index (χ3n) is 2.93. The van der Waals surface area contributed by atoms with Crippen LogP contribution in [0.2, 0.25) is 0 Å². The molecule has 0 atom stereocenters. The molecule has 2 nitrogen and oxygen atoms in total. The molecule has 1 heterocycles. The lowest BCUT2D eigenvalue weighted by Gasteiger charge is -2.23. The van der Waals surface area contributed by atoms with E-state index in [0.29, 0.717) is 5.41 Å². The van der Waals surface area contributed by atoms with Gasteiger partial charge in [-0.3, -0.25) is 0 Å². The Morgan fingerprint density at radius 2 is 2.00 bits per heavy atom. The molecule has 1 N–H and O–H groups in total. The van der Waals surface area contributed by atoms with E-state index < -0.39 is 0 Å². The highest BCUT2D eigenvalue weighted by Gasteiger charge is 2.20. The van der Waals surface area contributed by atoms with Crippen LogP contribution < -0.4 is 5.32 Å². The summed E-state index contributed by atoms with van der Waals surface area (Å²) in [5, 5.41) is 4.68. The lowest BCUT2D eigenvalue weighted by atomic mass is 9.86. The number of hydrogen-bond donors (Lipinski definition) is 1. The summed E-state index contributed by atoms with van der Waals surface area (Å²) in [5.41, 5.74) is 1.54. The Morgan fingerprint density at radius 3 is 2.50 bits per heavy atom. The molecule has 0 aliphatic carbocycles. The van der Waals surface area contributed by atoms with Gasteiger partial charge in [0.1, 0.15) is 0 Å². The van der Waals surface area contributed by atoms with Gasteiger partial charge < -0.3 is 5.32 Å². The zero-order chi connectivity index (χ0) is 12.2. The predicted octanol–water partition coefficient (Wildman–Crippen LogP) is 3.33. The van der Waals surface area contributed by atoms with Crippen LogP contribution in [-0.2, 0) is 6.42 Å². The fraction of sp³-hybridized carbons (Fsp3) is 0.769. The largest absolute Gasteiger partial charge is 0.317 e. The van der Waals surface area contributed by atoms with E-state index in [1.54, 1.807) is 0 Å². The molecule has 1 aromatic rings. The maximum Gasteiger partial charge on any atom is 0.0936 e. The van der Waals surface area contributed by atoms with E-state index in [-0.39, 0.29) is 0 Å². The molecule has 0 fully saturated rings. The summed E-state index contributed by atoms with van der Waals surface area (Å²) >= 11 is 1.85. The van der Waals surface area contributed by atoms with Crippen molar-refractivity contribution in [1.29, 1.82) is 0 Å². The molecule has 0 saturated carbocycles. The van der Waals surface area contributed by atoms with E-state index in [2.05, 4.69) is 44.9 Å². The number of hydrogen-bond acceptors (Lipinski definition) is 3. The molecule has 0 aliphatic heterocycles. The van der Waals surface area contributed by atoms with Crippen LogP contribution in [0.3, 0.4) is 0 Å². The fourth-order valence-electron chi connectivity index (χ4n) is 1.72. The van der Waals surface area contributed by atoms with Gasteiger partial charge in [0.2, 0.25) is 0 Å². The molecule has 1 aromatic heterocycles. The first-order chi connectivity index (χ1) is 7.44. The lowest BCUT2D eigenvalue weighted by molar-refractivity contribution is 0.326. The highest BCUT2D eigenvalue weighted by molar-refractivity contribution is 7.11. The van der Waals surface area contributed by atoms with Crippen molar-refractivity contribution in [2.45, 2.75) is 47.5 Å².